The van der Waals surface area contributed by atoms with Crippen molar-refractivity contribution in [3.63, 3.8) is 0 Å². The van der Waals surface area contributed by atoms with E-state index in [-0.39, 0.29) is 35.9 Å². The van der Waals surface area contributed by atoms with Crippen LogP contribution in [0.5, 0.6) is 11.5 Å². The SMILES string of the molecule is CCC1=NN2C(=N)/C(=C\c3cc([N+](=O)[O-])ccc3OCCOCCOc3ccccc3)C(=O)N=C2S1. The van der Waals surface area contributed by atoms with E-state index >= 15 is 0 Å². The van der Waals surface area contributed by atoms with E-state index in [1.54, 1.807) is 0 Å². The Morgan fingerprint density at radius 3 is 2.58 bits per heavy atom. The molecule has 0 radical (unpaired) electrons. The number of fused-ring (bicyclic) bond motifs is 1. The predicted octanol–water partition coefficient (Wildman–Crippen LogP) is 4.10. The molecule has 0 unspecified atom stereocenters. The van der Waals surface area contributed by atoms with Crippen LogP contribution in [0.1, 0.15) is 18.9 Å². The van der Waals surface area contributed by atoms with Crippen molar-refractivity contribution in [1.82, 2.24) is 5.01 Å². The normalized spacial score (nSPS) is 16.0. The van der Waals surface area contributed by atoms with Gasteiger partial charge in [0.25, 0.3) is 11.6 Å². The second-order valence-electron chi connectivity index (χ2n) is 7.47. The molecule has 186 valence electrons. The van der Waals surface area contributed by atoms with E-state index in [1.165, 1.54) is 41.0 Å². The Bertz CT molecular complexity index is 1260. The average Bonchev–Trinajstić information content (AvgIpc) is 3.30. The number of amides is 1. The highest BCUT2D eigenvalue weighted by atomic mass is 32.2. The van der Waals surface area contributed by atoms with Gasteiger partial charge in [0.1, 0.15) is 29.8 Å². The minimum Gasteiger partial charge on any atom is -0.491 e. The Morgan fingerprint density at radius 1 is 1.11 bits per heavy atom. The van der Waals surface area contributed by atoms with Gasteiger partial charge in [-0.05, 0) is 42.5 Å². The first-order valence-corrected chi connectivity index (χ1v) is 11.9. The molecule has 1 amide bonds. The number of hydrogen-bond donors (Lipinski definition) is 1. The van der Waals surface area contributed by atoms with Crippen molar-refractivity contribution in [2.75, 3.05) is 26.4 Å². The summed E-state index contributed by atoms with van der Waals surface area (Å²) < 4.78 is 16.9. The van der Waals surface area contributed by atoms with Gasteiger partial charge in [0.05, 0.1) is 23.7 Å². The van der Waals surface area contributed by atoms with Crippen LogP contribution in [0.25, 0.3) is 6.08 Å². The summed E-state index contributed by atoms with van der Waals surface area (Å²) in [5.41, 5.74) is 0.0560. The minimum atomic E-state index is -0.620. The minimum absolute atomic E-state index is 0.0416. The number of nitrogens with zero attached hydrogens (tertiary/aromatic N) is 4. The standard InChI is InChI=1S/C24H23N5O6S/c1-2-21-27-28-22(25)19(23(30)26-24(28)36-21)15-16-14-17(29(31)32)8-9-20(16)35-13-11-33-10-12-34-18-6-4-3-5-7-18/h3-9,14-15,25H,2,10-13H2,1H3/b19-15+,25-22?. The number of hydrogen-bond acceptors (Lipinski definition) is 9. The lowest BCUT2D eigenvalue weighted by atomic mass is 10.1. The predicted molar refractivity (Wildman–Crippen MR) is 137 cm³/mol. The number of amidine groups is 2. The zero-order valence-electron chi connectivity index (χ0n) is 19.4. The lowest BCUT2D eigenvalue weighted by Gasteiger charge is -2.20. The molecule has 2 aromatic carbocycles. The number of carbonyl (C=O) groups excluding carboxylic acids is 1. The van der Waals surface area contributed by atoms with Gasteiger partial charge in [0.2, 0.25) is 5.17 Å². The number of hydrazone groups is 1. The number of aliphatic imine (C=N–C) groups is 1. The third-order valence-electron chi connectivity index (χ3n) is 5.03. The highest BCUT2D eigenvalue weighted by Gasteiger charge is 2.35. The van der Waals surface area contributed by atoms with Gasteiger partial charge in [0.15, 0.2) is 5.84 Å². The molecule has 36 heavy (non-hydrogen) atoms. The van der Waals surface area contributed by atoms with E-state index in [0.29, 0.717) is 30.6 Å². The van der Waals surface area contributed by atoms with Crippen molar-refractivity contribution < 1.29 is 23.9 Å². The van der Waals surface area contributed by atoms with Crippen LogP contribution in [-0.2, 0) is 9.53 Å². The summed E-state index contributed by atoms with van der Waals surface area (Å²) in [6.45, 7) is 3.07. The average molecular weight is 510 g/mol. The van der Waals surface area contributed by atoms with Crippen molar-refractivity contribution in [3.8, 4) is 11.5 Å². The number of carbonyl (C=O) groups is 1. The number of nitro benzene ring substituents is 1. The number of ether oxygens (including phenoxy) is 3. The van der Waals surface area contributed by atoms with Crippen LogP contribution >= 0.6 is 11.8 Å². The maximum absolute atomic E-state index is 12.6. The van der Waals surface area contributed by atoms with Gasteiger partial charge < -0.3 is 14.2 Å². The van der Waals surface area contributed by atoms with Crippen LogP contribution in [0.2, 0.25) is 0 Å². The first-order valence-electron chi connectivity index (χ1n) is 11.1. The van der Waals surface area contributed by atoms with Crippen LogP contribution in [0.4, 0.5) is 5.69 Å². The summed E-state index contributed by atoms with van der Waals surface area (Å²) in [5, 5.41) is 26.4. The fourth-order valence-electron chi connectivity index (χ4n) is 3.27. The monoisotopic (exact) mass is 509 g/mol. The van der Waals surface area contributed by atoms with Gasteiger partial charge >= 0.3 is 0 Å². The molecule has 1 N–H and O–H groups in total. The molecular formula is C24H23N5O6S. The summed E-state index contributed by atoms with van der Waals surface area (Å²) >= 11 is 1.24. The molecule has 0 atom stereocenters. The molecule has 2 aliphatic heterocycles. The van der Waals surface area contributed by atoms with Gasteiger partial charge in [-0.15, -0.1) is 0 Å². The lowest BCUT2D eigenvalue weighted by Crippen LogP contribution is -2.35. The van der Waals surface area contributed by atoms with E-state index in [9.17, 15) is 14.9 Å². The van der Waals surface area contributed by atoms with Gasteiger partial charge in [0, 0.05) is 17.7 Å². The number of thioether (sulfide) groups is 1. The second-order valence-corrected chi connectivity index (χ2v) is 8.51. The van der Waals surface area contributed by atoms with E-state index in [4.69, 9.17) is 19.6 Å². The topological polar surface area (TPSA) is 140 Å². The highest BCUT2D eigenvalue weighted by molar-refractivity contribution is 8.26. The lowest BCUT2D eigenvalue weighted by molar-refractivity contribution is -0.384. The van der Waals surface area contributed by atoms with Gasteiger partial charge in [-0.3, -0.25) is 20.3 Å². The molecule has 0 saturated carbocycles. The molecule has 0 spiro atoms. The molecule has 2 aliphatic rings. The Hall–Kier alpha value is -4.03. The molecular weight excluding hydrogens is 486 g/mol. The third-order valence-corrected chi connectivity index (χ3v) is 6.08. The number of para-hydroxylation sites is 1. The van der Waals surface area contributed by atoms with Crippen LogP contribution in [-0.4, -0.2) is 58.3 Å². The number of nitrogens with one attached hydrogen (secondary N) is 1. The number of non-ortho nitro benzene ring substituents is 1. The molecule has 12 heteroatoms. The molecule has 0 saturated heterocycles. The molecule has 11 nitrogen and oxygen atoms in total. The van der Waals surface area contributed by atoms with Crippen LogP contribution in [0.15, 0.2) is 64.2 Å². The fourth-order valence-corrected chi connectivity index (χ4v) is 4.10. The van der Waals surface area contributed by atoms with Crippen molar-refractivity contribution >= 4 is 45.5 Å². The van der Waals surface area contributed by atoms with Crippen molar-refractivity contribution in [3.05, 3.63) is 69.8 Å². The second kappa shape index (κ2) is 11.6. The van der Waals surface area contributed by atoms with Crippen LogP contribution < -0.4 is 9.47 Å². The molecule has 0 fully saturated rings. The fraction of sp³-hybridized carbons (Fsp3) is 0.250. The van der Waals surface area contributed by atoms with Gasteiger partial charge in [-0.1, -0.05) is 25.1 Å². The van der Waals surface area contributed by atoms with E-state index in [1.807, 2.05) is 37.3 Å². The molecule has 2 aromatic rings. The molecule has 4 rings (SSSR count). The summed E-state index contributed by atoms with van der Waals surface area (Å²) in [5.74, 6) is 0.288. The first-order chi connectivity index (χ1) is 17.5. The Labute approximate surface area is 211 Å². The molecule has 0 bridgehead atoms. The van der Waals surface area contributed by atoms with Crippen LogP contribution in [0.3, 0.4) is 0 Å². The molecule has 0 aliphatic carbocycles. The Morgan fingerprint density at radius 2 is 1.86 bits per heavy atom. The Kier molecular flexibility index (Phi) is 8.08. The van der Waals surface area contributed by atoms with E-state index in [0.717, 1.165) is 10.8 Å². The smallest absolute Gasteiger partial charge is 0.283 e. The van der Waals surface area contributed by atoms with Gasteiger partial charge in [-0.25, -0.2) is 0 Å². The Balaban J connectivity index is 1.42. The summed E-state index contributed by atoms with van der Waals surface area (Å²) in [4.78, 5) is 27.4. The summed E-state index contributed by atoms with van der Waals surface area (Å²) in [6.07, 6.45) is 2.01. The van der Waals surface area contributed by atoms with Crippen molar-refractivity contribution in [2.45, 2.75) is 13.3 Å². The largest absolute Gasteiger partial charge is 0.491 e. The van der Waals surface area contributed by atoms with Crippen molar-refractivity contribution in [2.24, 2.45) is 10.1 Å². The van der Waals surface area contributed by atoms with E-state index in [2.05, 4.69) is 10.1 Å². The number of nitro groups is 1. The zero-order chi connectivity index (χ0) is 25.5. The number of benzene rings is 2. The van der Waals surface area contributed by atoms with Crippen molar-refractivity contribution in [1.29, 1.82) is 5.41 Å². The first kappa shape index (κ1) is 25.1. The zero-order valence-corrected chi connectivity index (χ0v) is 20.2. The van der Waals surface area contributed by atoms with Crippen LogP contribution in [0, 0.1) is 15.5 Å². The third kappa shape index (κ3) is 5.96. The number of rotatable bonds is 11. The quantitative estimate of drug-likeness (QED) is 0.207. The highest BCUT2D eigenvalue weighted by Crippen LogP contribution is 2.31. The summed E-state index contributed by atoms with van der Waals surface area (Å²) in [7, 11) is 0. The summed E-state index contributed by atoms with van der Waals surface area (Å²) in [6, 6.07) is 13.4. The van der Waals surface area contributed by atoms with E-state index < -0.39 is 10.8 Å². The maximum atomic E-state index is 12.6. The molecule has 0 aromatic heterocycles. The van der Waals surface area contributed by atoms with Gasteiger partial charge in [-0.2, -0.15) is 15.1 Å². The molecule has 2 heterocycles. The maximum Gasteiger partial charge on any atom is 0.283 e.